The molecule has 0 radical (unpaired) electrons. The molecule has 2 atom stereocenters. The molecule has 1 aromatic rings. The molecule has 15 heavy (non-hydrogen) atoms. The number of aromatic hydroxyl groups is 1. The fraction of sp³-hybridized carbons (Fsp3) is 0.364. The average molecular weight is 207 g/mol. The molecule has 0 spiro atoms. The van der Waals surface area contributed by atoms with Gasteiger partial charge in [0.05, 0.1) is 5.92 Å². The van der Waals surface area contributed by atoms with Gasteiger partial charge < -0.3 is 15.5 Å². The lowest BCUT2D eigenvalue weighted by Crippen LogP contribution is -2.20. The number of phenolic OH excluding ortho intramolecular Hbond substituents is 1. The van der Waals surface area contributed by atoms with Gasteiger partial charge in [-0.05, 0) is 17.7 Å². The summed E-state index contributed by atoms with van der Waals surface area (Å²) in [5.74, 6) is -1.04. The number of carboxylic acid groups (broad SMARTS) is 1. The van der Waals surface area contributed by atoms with Crippen molar-refractivity contribution in [1.29, 1.82) is 0 Å². The number of carboxylic acids is 1. The van der Waals surface area contributed by atoms with E-state index < -0.39 is 11.9 Å². The van der Waals surface area contributed by atoms with Gasteiger partial charge in [0.1, 0.15) is 5.75 Å². The number of phenols is 1. The van der Waals surface area contributed by atoms with Crippen LogP contribution in [0.4, 0.5) is 0 Å². The molecule has 1 heterocycles. The summed E-state index contributed by atoms with van der Waals surface area (Å²) in [6, 6.07) is 6.81. The van der Waals surface area contributed by atoms with Crippen molar-refractivity contribution in [2.75, 3.05) is 13.1 Å². The van der Waals surface area contributed by atoms with E-state index in [1.807, 2.05) is 6.07 Å². The van der Waals surface area contributed by atoms with Crippen LogP contribution < -0.4 is 5.32 Å². The predicted molar refractivity (Wildman–Crippen MR) is 54.8 cm³/mol. The molecular weight excluding hydrogens is 194 g/mol. The van der Waals surface area contributed by atoms with E-state index in [1.165, 1.54) is 0 Å². The second kappa shape index (κ2) is 3.90. The molecule has 1 fully saturated rings. The highest BCUT2D eigenvalue weighted by molar-refractivity contribution is 5.72. The molecular formula is C11H13NO3. The molecule has 3 N–H and O–H groups in total. The third-order valence-corrected chi connectivity index (χ3v) is 2.83. The van der Waals surface area contributed by atoms with Crippen molar-refractivity contribution in [2.24, 2.45) is 5.92 Å². The van der Waals surface area contributed by atoms with E-state index in [9.17, 15) is 9.90 Å². The Morgan fingerprint density at radius 2 is 2.20 bits per heavy atom. The minimum atomic E-state index is -0.784. The molecule has 80 valence electrons. The van der Waals surface area contributed by atoms with E-state index in [4.69, 9.17) is 5.11 Å². The van der Waals surface area contributed by atoms with Crippen LogP contribution in [-0.4, -0.2) is 29.3 Å². The first kappa shape index (κ1) is 9.98. The lowest BCUT2D eigenvalue weighted by atomic mass is 9.89. The first-order valence-corrected chi connectivity index (χ1v) is 4.91. The number of hydrogen-bond acceptors (Lipinski definition) is 3. The second-order valence-corrected chi connectivity index (χ2v) is 3.80. The van der Waals surface area contributed by atoms with Crippen molar-refractivity contribution in [3.63, 3.8) is 0 Å². The van der Waals surface area contributed by atoms with Crippen molar-refractivity contribution in [3.05, 3.63) is 29.8 Å². The number of nitrogens with one attached hydrogen (secondary N) is 1. The monoisotopic (exact) mass is 207 g/mol. The van der Waals surface area contributed by atoms with Gasteiger partial charge in [-0.3, -0.25) is 4.79 Å². The van der Waals surface area contributed by atoms with Gasteiger partial charge in [-0.25, -0.2) is 0 Å². The summed E-state index contributed by atoms with van der Waals surface area (Å²) in [5.41, 5.74) is 0.882. The highest BCUT2D eigenvalue weighted by Crippen LogP contribution is 2.29. The van der Waals surface area contributed by atoms with Crippen LogP contribution in [0.25, 0.3) is 0 Å². The van der Waals surface area contributed by atoms with Crippen LogP contribution >= 0.6 is 0 Å². The van der Waals surface area contributed by atoms with Gasteiger partial charge in [0.2, 0.25) is 0 Å². The van der Waals surface area contributed by atoms with Crippen molar-refractivity contribution in [1.82, 2.24) is 5.32 Å². The first-order valence-electron chi connectivity index (χ1n) is 4.91. The molecule has 1 aliphatic rings. The summed E-state index contributed by atoms with van der Waals surface area (Å²) in [7, 11) is 0. The molecule has 0 saturated carbocycles. The van der Waals surface area contributed by atoms with Crippen LogP contribution in [0.3, 0.4) is 0 Å². The number of aliphatic carboxylic acids is 1. The molecule has 4 nitrogen and oxygen atoms in total. The summed E-state index contributed by atoms with van der Waals surface area (Å²) in [6.45, 7) is 1.15. The zero-order valence-corrected chi connectivity index (χ0v) is 8.18. The molecule has 0 bridgehead atoms. The van der Waals surface area contributed by atoms with Crippen LogP contribution in [0.2, 0.25) is 0 Å². The molecule has 0 aromatic heterocycles. The van der Waals surface area contributed by atoms with Crippen molar-refractivity contribution >= 4 is 5.97 Å². The number of benzene rings is 1. The van der Waals surface area contributed by atoms with Gasteiger partial charge in [-0.1, -0.05) is 12.1 Å². The largest absolute Gasteiger partial charge is 0.508 e. The Labute approximate surface area is 87.6 Å². The summed E-state index contributed by atoms with van der Waals surface area (Å²) in [4.78, 5) is 11.0. The van der Waals surface area contributed by atoms with E-state index in [0.29, 0.717) is 13.1 Å². The fourth-order valence-electron chi connectivity index (χ4n) is 2.04. The molecule has 1 aromatic carbocycles. The summed E-state index contributed by atoms with van der Waals surface area (Å²) >= 11 is 0. The first-order chi connectivity index (χ1) is 7.18. The molecule has 1 saturated heterocycles. The molecule has 2 rings (SSSR count). The molecule has 1 aliphatic heterocycles. The summed E-state index contributed by atoms with van der Waals surface area (Å²) in [6.07, 6.45) is 0. The Morgan fingerprint density at radius 3 is 2.87 bits per heavy atom. The maximum atomic E-state index is 11.0. The SMILES string of the molecule is O=C(O)[C@H]1CNC[C@@H]1c1cccc(O)c1. The third-order valence-electron chi connectivity index (χ3n) is 2.83. The van der Waals surface area contributed by atoms with E-state index in [-0.39, 0.29) is 11.7 Å². The van der Waals surface area contributed by atoms with Crippen LogP contribution in [0.15, 0.2) is 24.3 Å². The number of rotatable bonds is 2. The van der Waals surface area contributed by atoms with Crippen LogP contribution in [0.1, 0.15) is 11.5 Å². The highest BCUT2D eigenvalue weighted by atomic mass is 16.4. The standard InChI is InChI=1S/C11H13NO3/c13-8-3-1-2-7(4-8)9-5-12-6-10(9)11(14)15/h1-4,9-10,12-13H,5-6H2,(H,14,15)/t9-,10+/m1/s1. The lowest BCUT2D eigenvalue weighted by Gasteiger charge is -2.14. The second-order valence-electron chi connectivity index (χ2n) is 3.80. The predicted octanol–water partition coefficient (Wildman–Crippen LogP) is 0.780. The fourth-order valence-corrected chi connectivity index (χ4v) is 2.04. The van der Waals surface area contributed by atoms with E-state index in [2.05, 4.69) is 5.32 Å². The molecule has 0 aliphatic carbocycles. The van der Waals surface area contributed by atoms with Gasteiger partial charge in [0.25, 0.3) is 0 Å². The minimum absolute atomic E-state index is 0.0467. The summed E-state index contributed by atoms with van der Waals surface area (Å²) in [5, 5.41) is 21.4. The van der Waals surface area contributed by atoms with E-state index in [1.54, 1.807) is 18.2 Å². The Kier molecular flexibility index (Phi) is 2.60. The zero-order chi connectivity index (χ0) is 10.8. The lowest BCUT2D eigenvalue weighted by molar-refractivity contribution is -0.141. The Bertz CT molecular complexity index is 378. The maximum absolute atomic E-state index is 11.0. The van der Waals surface area contributed by atoms with Crippen LogP contribution in [0, 0.1) is 5.92 Å². The average Bonchev–Trinajstić information content (AvgIpc) is 2.65. The highest BCUT2D eigenvalue weighted by Gasteiger charge is 2.33. The van der Waals surface area contributed by atoms with Gasteiger partial charge in [-0.2, -0.15) is 0 Å². The molecule has 4 heteroatoms. The van der Waals surface area contributed by atoms with Gasteiger partial charge in [0.15, 0.2) is 0 Å². The normalized spacial score (nSPS) is 25.3. The van der Waals surface area contributed by atoms with Crippen LogP contribution in [0.5, 0.6) is 5.75 Å². The minimum Gasteiger partial charge on any atom is -0.508 e. The van der Waals surface area contributed by atoms with Crippen molar-refractivity contribution < 1.29 is 15.0 Å². The van der Waals surface area contributed by atoms with Gasteiger partial charge >= 0.3 is 5.97 Å². The van der Waals surface area contributed by atoms with E-state index >= 15 is 0 Å². The van der Waals surface area contributed by atoms with Gasteiger partial charge in [-0.15, -0.1) is 0 Å². The Balaban J connectivity index is 2.26. The summed E-state index contributed by atoms with van der Waals surface area (Å²) < 4.78 is 0. The van der Waals surface area contributed by atoms with Crippen molar-refractivity contribution in [2.45, 2.75) is 5.92 Å². The molecule has 0 unspecified atom stereocenters. The quantitative estimate of drug-likeness (QED) is 0.670. The van der Waals surface area contributed by atoms with Crippen LogP contribution in [-0.2, 0) is 4.79 Å². The third kappa shape index (κ3) is 1.94. The topological polar surface area (TPSA) is 69.6 Å². The Hall–Kier alpha value is -1.55. The number of carbonyl (C=O) groups is 1. The Morgan fingerprint density at radius 1 is 1.40 bits per heavy atom. The molecule has 0 amide bonds. The zero-order valence-electron chi connectivity index (χ0n) is 8.18. The number of hydrogen-bond donors (Lipinski definition) is 3. The maximum Gasteiger partial charge on any atom is 0.308 e. The smallest absolute Gasteiger partial charge is 0.308 e. The van der Waals surface area contributed by atoms with Gasteiger partial charge in [0, 0.05) is 19.0 Å². The van der Waals surface area contributed by atoms with E-state index in [0.717, 1.165) is 5.56 Å². The van der Waals surface area contributed by atoms with Crippen molar-refractivity contribution in [3.8, 4) is 5.75 Å².